The maximum absolute atomic E-state index is 9.40. The lowest BCUT2D eigenvalue weighted by Gasteiger charge is -2.38. The van der Waals surface area contributed by atoms with Gasteiger partial charge in [-0.2, -0.15) is 0 Å². The molecular formula is C7H14O5. The van der Waals surface area contributed by atoms with Crippen LogP contribution in [0.25, 0.3) is 0 Å². The van der Waals surface area contributed by atoms with Gasteiger partial charge in [0.15, 0.2) is 6.29 Å². The molecule has 0 saturated carbocycles. The zero-order valence-electron chi connectivity index (χ0n) is 7.04. The molecule has 12 heavy (non-hydrogen) atoms. The van der Waals surface area contributed by atoms with Gasteiger partial charge in [-0.15, -0.1) is 0 Å². The highest BCUT2D eigenvalue weighted by atomic mass is 16.6. The van der Waals surface area contributed by atoms with E-state index in [2.05, 4.69) is 0 Å². The van der Waals surface area contributed by atoms with Gasteiger partial charge < -0.3 is 24.8 Å². The number of methoxy groups -OCH3 is 1. The summed E-state index contributed by atoms with van der Waals surface area (Å²) >= 11 is 0. The summed E-state index contributed by atoms with van der Waals surface area (Å²) in [5.74, 6) is 0. The van der Waals surface area contributed by atoms with Crippen molar-refractivity contribution in [1.82, 2.24) is 0 Å². The van der Waals surface area contributed by atoms with Gasteiger partial charge >= 0.3 is 0 Å². The Labute approximate surface area is 70.5 Å². The van der Waals surface area contributed by atoms with Crippen molar-refractivity contribution in [3.8, 4) is 0 Å². The van der Waals surface area contributed by atoms with Gasteiger partial charge in [-0.25, -0.2) is 0 Å². The molecule has 0 amide bonds. The molecule has 5 nitrogen and oxygen atoms in total. The zero-order chi connectivity index (χ0) is 9.30. The van der Waals surface area contributed by atoms with E-state index >= 15 is 0 Å². The van der Waals surface area contributed by atoms with E-state index < -0.39 is 30.7 Å². The number of rotatable bonds is 1. The number of aliphatic hydroxyl groups is 3. The van der Waals surface area contributed by atoms with Crippen molar-refractivity contribution in [1.29, 1.82) is 0 Å². The molecule has 0 aromatic heterocycles. The molecule has 3 N–H and O–H groups in total. The number of aliphatic hydroxyl groups excluding tert-OH is 3. The third-order valence-corrected chi connectivity index (χ3v) is 2.07. The molecule has 0 radical (unpaired) electrons. The Bertz CT molecular complexity index is 137. The van der Waals surface area contributed by atoms with E-state index in [-0.39, 0.29) is 0 Å². The van der Waals surface area contributed by atoms with E-state index in [4.69, 9.17) is 14.6 Å². The summed E-state index contributed by atoms with van der Waals surface area (Å²) in [5.41, 5.74) is 0. The van der Waals surface area contributed by atoms with Gasteiger partial charge in [0, 0.05) is 7.11 Å². The lowest BCUT2D eigenvalue weighted by Crippen LogP contribution is -2.57. The van der Waals surface area contributed by atoms with Crippen LogP contribution in [0.3, 0.4) is 0 Å². The van der Waals surface area contributed by atoms with E-state index in [1.165, 1.54) is 7.11 Å². The molecule has 1 fully saturated rings. The third kappa shape index (κ3) is 1.60. The van der Waals surface area contributed by atoms with Crippen molar-refractivity contribution in [2.45, 2.75) is 37.6 Å². The van der Waals surface area contributed by atoms with E-state index in [0.29, 0.717) is 0 Å². The molecule has 0 bridgehead atoms. The van der Waals surface area contributed by atoms with Crippen molar-refractivity contribution in [3.63, 3.8) is 0 Å². The average molecular weight is 178 g/mol. The van der Waals surface area contributed by atoms with Crippen LogP contribution < -0.4 is 0 Å². The van der Waals surface area contributed by atoms with Crippen LogP contribution in [0.4, 0.5) is 0 Å². The van der Waals surface area contributed by atoms with Crippen molar-refractivity contribution in [2.75, 3.05) is 7.11 Å². The van der Waals surface area contributed by atoms with E-state index in [1.54, 1.807) is 6.92 Å². The summed E-state index contributed by atoms with van der Waals surface area (Å²) in [6.45, 7) is 1.60. The maximum Gasteiger partial charge on any atom is 0.183 e. The van der Waals surface area contributed by atoms with Crippen molar-refractivity contribution < 1.29 is 24.8 Å². The highest BCUT2D eigenvalue weighted by Crippen LogP contribution is 2.21. The molecule has 0 spiro atoms. The summed E-state index contributed by atoms with van der Waals surface area (Å²) in [4.78, 5) is 0. The predicted octanol–water partition coefficient (Wildman–Crippen LogP) is -1.54. The van der Waals surface area contributed by atoms with Crippen LogP contribution in [0.2, 0.25) is 0 Å². The van der Waals surface area contributed by atoms with Gasteiger partial charge in [0.2, 0.25) is 0 Å². The van der Waals surface area contributed by atoms with Gasteiger partial charge in [0.05, 0.1) is 6.10 Å². The zero-order valence-corrected chi connectivity index (χ0v) is 7.04. The highest BCUT2D eigenvalue weighted by molar-refractivity contribution is 4.87. The topological polar surface area (TPSA) is 79.2 Å². The largest absolute Gasteiger partial charge is 0.388 e. The van der Waals surface area contributed by atoms with Crippen LogP contribution in [0.15, 0.2) is 0 Å². The molecule has 1 aliphatic rings. The smallest absolute Gasteiger partial charge is 0.183 e. The first-order valence-electron chi connectivity index (χ1n) is 3.80. The molecule has 0 aromatic carbocycles. The summed E-state index contributed by atoms with van der Waals surface area (Å²) in [7, 11) is 1.36. The molecule has 0 unspecified atom stereocenters. The third-order valence-electron chi connectivity index (χ3n) is 2.07. The summed E-state index contributed by atoms with van der Waals surface area (Å²) < 4.78 is 9.63. The standard InChI is InChI=1S/C7H14O5/c1-3-4(8)6(11-2)5(9)7(10)12-3/h3-10H,1-2H3/t3-,4-,5+,6-,7+/m0/s1. The normalized spacial score (nSPS) is 49.2. The van der Waals surface area contributed by atoms with Crippen molar-refractivity contribution in [3.05, 3.63) is 0 Å². The minimum absolute atomic E-state index is 0.534. The van der Waals surface area contributed by atoms with Crippen LogP contribution in [0.1, 0.15) is 6.92 Å². The van der Waals surface area contributed by atoms with Gasteiger partial charge in [-0.1, -0.05) is 0 Å². The van der Waals surface area contributed by atoms with E-state index in [9.17, 15) is 10.2 Å². The van der Waals surface area contributed by atoms with Gasteiger partial charge in [0.25, 0.3) is 0 Å². The average Bonchev–Trinajstić information content (AvgIpc) is 2.02. The van der Waals surface area contributed by atoms with Gasteiger partial charge in [-0.05, 0) is 6.92 Å². The number of hydrogen-bond donors (Lipinski definition) is 3. The fourth-order valence-corrected chi connectivity index (χ4v) is 1.29. The SMILES string of the molecule is CO[C@H]1[C@@H](O)[C@H](C)O[C@@H](O)[C@@H]1O. The van der Waals surface area contributed by atoms with E-state index in [1.807, 2.05) is 0 Å². The maximum atomic E-state index is 9.40. The highest BCUT2D eigenvalue weighted by Gasteiger charge is 2.42. The van der Waals surface area contributed by atoms with Gasteiger partial charge in [-0.3, -0.25) is 0 Å². The van der Waals surface area contributed by atoms with Crippen molar-refractivity contribution >= 4 is 0 Å². The minimum atomic E-state index is -1.28. The Morgan fingerprint density at radius 1 is 1.17 bits per heavy atom. The van der Waals surface area contributed by atoms with Crippen LogP contribution in [-0.2, 0) is 9.47 Å². The van der Waals surface area contributed by atoms with Gasteiger partial charge in [0.1, 0.15) is 18.3 Å². The van der Waals surface area contributed by atoms with Crippen LogP contribution >= 0.6 is 0 Å². The van der Waals surface area contributed by atoms with Crippen LogP contribution in [-0.4, -0.2) is 53.1 Å². The summed E-state index contributed by atoms with van der Waals surface area (Å²) in [5, 5.41) is 27.8. The fraction of sp³-hybridized carbons (Fsp3) is 1.00. The second-order valence-electron chi connectivity index (χ2n) is 2.91. The molecule has 1 rings (SSSR count). The Kier molecular flexibility index (Phi) is 3.03. The predicted molar refractivity (Wildman–Crippen MR) is 39.4 cm³/mol. The molecule has 72 valence electrons. The molecule has 5 heteroatoms. The minimum Gasteiger partial charge on any atom is -0.388 e. The Morgan fingerprint density at radius 2 is 1.75 bits per heavy atom. The summed E-state index contributed by atoms with van der Waals surface area (Å²) in [6, 6.07) is 0. The first kappa shape index (κ1) is 9.88. The first-order chi connectivity index (χ1) is 5.57. The lowest BCUT2D eigenvalue weighted by molar-refractivity contribution is -0.282. The lowest BCUT2D eigenvalue weighted by atomic mass is 10.00. The number of hydrogen-bond acceptors (Lipinski definition) is 5. The quantitative estimate of drug-likeness (QED) is 0.453. The Balaban J connectivity index is 2.67. The molecule has 0 aliphatic carbocycles. The first-order valence-corrected chi connectivity index (χ1v) is 3.80. The Morgan fingerprint density at radius 3 is 2.25 bits per heavy atom. The molecule has 1 aliphatic heterocycles. The fourth-order valence-electron chi connectivity index (χ4n) is 1.29. The molecule has 0 aromatic rings. The van der Waals surface area contributed by atoms with Crippen LogP contribution in [0, 0.1) is 0 Å². The molecule has 1 heterocycles. The molecule has 1 saturated heterocycles. The molecular weight excluding hydrogens is 164 g/mol. The van der Waals surface area contributed by atoms with Crippen molar-refractivity contribution in [2.24, 2.45) is 0 Å². The van der Waals surface area contributed by atoms with Crippen LogP contribution in [0.5, 0.6) is 0 Å². The van der Waals surface area contributed by atoms with E-state index in [0.717, 1.165) is 0 Å². The monoisotopic (exact) mass is 178 g/mol. The summed E-state index contributed by atoms with van der Waals surface area (Å²) in [6.07, 6.45) is -4.71. The molecule has 5 atom stereocenters. The second kappa shape index (κ2) is 3.68. The Hall–Kier alpha value is -0.200. The number of ether oxygens (including phenoxy) is 2. The second-order valence-corrected chi connectivity index (χ2v) is 2.91.